The molecule has 0 saturated carbocycles. The van der Waals surface area contributed by atoms with E-state index in [0.717, 1.165) is 68.9 Å². The highest BCUT2D eigenvalue weighted by Crippen LogP contribution is 2.23. The Bertz CT molecular complexity index is 914. The number of amides is 1. The van der Waals surface area contributed by atoms with Crippen molar-refractivity contribution in [2.24, 2.45) is 4.99 Å². The molecule has 1 fully saturated rings. The van der Waals surface area contributed by atoms with Gasteiger partial charge in [0, 0.05) is 70.0 Å². The van der Waals surface area contributed by atoms with E-state index in [4.69, 9.17) is 11.6 Å². The van der Waals surface area contributed by atoms with Crippen LogP contribution >= 0.6 is 11.6 Å². The van der Waals surface area contributed by atoms with E-state index in [0.29, 0.717) is 6.42 Å². The second kappa shape index (κ2) is 10.1. The molecule has 0 atom stereocenters. The van der Waals surface area contributed by atoms with Gasteiger partial charge < -0.3 is 20.0 Å². The third-order valence-corrected chi connectivity index (χ3v) is 6.24. The average Bonchev–Trinajstić information content (AvgIpc) is 3.24. The quantitative estimate of drug-likeness (QED) is 0.441. The molecular weight excluding hydrogens is 410 g/mol. The average molecular weight is 440 g/mol. The summed E-state index contributed by atoms with van der Waals surface area (Å²) < 4.78 is 0. The zero-order valence-electron chi connectivity index (χ0n) is 18.1. The number of nitrogens with one attached hydrogen (secondary N) is 1. The summed E-state index contributed by atoms with van der Waals surface area (Å²) >= 11 is 6.13. The number of nitrogens with zero attached hydrogens (tertiary/aromatic N) is 4. The number of halogens is 1. The minimum absolute atomic E-state index is 0.225. The van der Waals surface area contributed by atoms with E-state index in [-0.39, 0.29) is 5.91 Å². The molecule has 4 rings (SSSR count). The Labute approximate surface area is 189 Å². The second-order valence-electron chi connectivity index (χ2n) is 8.05. The molecule has 6 nitrogen and oxygen atoms in total. The van der Waals surface area contributed by atoms with Crippen LogP contribution in [0.1, 0.15) is 24.0 Å². The summed E-state index contributed by atoms with van der Waals surface area (Å²) in [6.45, 7) is 5.87. The number of piperazine rings is 1. The summed E-state index contributed by atoms with van der Waals surface area (Å²) in [4.78, 5) is 23.6. The molecule has 7 heteroatoms. The van der Waals surface area contributed by atoms with Crippen LogP contribution in [-0.4, -0.2) is 61.4 Å². The van der Waals surface area contributed by atoms with Gasteiger partial charge in [-0.25, -0.2) is 0 Å². The van der Waals surface area contributed by atoms with Crippen LogP contribution in [-0.2, 0) is 17.9 Å². The van der Waals surface area contributed by atoms with Crippen LogP contribution in [0.4, 0.5) is 5.69 Å². The highest BCUT2D eigenvalue weighted by molar-refractivity contribution is 6.30. The highest BCUT2D eigenvalue weighted by atomic mass is 35.5. The monoisotopic (exact) mass is 439 g/mol. The predicted molar refractivity (Wildman–Crippen MR) is 127 cm³/mol. The van der Waals surface area contributed by atoms with Gasteiger partial charge in [0.1, 0.15) is 0 Å². The largest absolute Gasteiger partial charge is 0.368 e. The lowest BCUT2D eigenvalue weighted by atomic mass is 10.1. The topological polar surface area (TPSA) is 51.2 Å². The Balaban J connectivity index is 1.18. The molecule has 1 amide bonds. The number of guanidine groups is 1. The van der Waals surface area contributed by atoms with E-state index in [1.165, 1.54) is 11.1 Å². The molecule has 0 bridgehead atoms. The van der Waals surface area contributed by atoms with Crippen molar-refractivity contribution in [3.8, 4) is 0 Å². The lowest BCUT2D eigenvalue weighted by Crippen LogP contribution is -2.52. The molecule has 2 aromatic carbocycles. The van der Waals surface area contributed by atoms with E-state index in [9.17, 15) is 4.79 Å². The van der Waals surface area contributed by atoms with Crippen molar-refractivity contribution in [2.45, 2.75) is 25.9 Å². The number of fused-ring (bicyclic) bond motifs is 1. The molecule has 0 unspecified atom stereocenters. The highest BCUT2D eigenvalue weighted by Gasteiger charge is 2.23. The van der Waals surface area contributed by atoms with Gasteiger partial charge in [-0.2, -0.15) is 0 Å². The summed E-state index contributed by atoms with van der Waals surface area (Å²) in [5, 5.41) is 4.20. The van der Waals surface area contributed by atoms with Crippen LogP contribution < -0.4 is 10.2 Å². The maximum Gasteiger partial charge on any atom is 0.223 e. The molecule has 31 heavy (non-hydrogen) atoms. The zero-order chi connectivity index (χ0) is 21.6. The molecule has 2 heterocycles. The summed E-state index contributed by atoms with van der Waals surface area (Å²) in [5.74, 6) is 1.13. The molecule has 1 saturated heterocycles. The van der Waals surface area contributed by atoms with Crippen molar-refractivity contribution in [3.63, 3.8) is 0 Å². The molecule has 2 aliphatic heterocycles. The number of benzene rings is 2. The summed E-state index contributed by atoms with van der Waals surface area (Å²) in [5.41, 5.74) is 3.70. The van der Waals surface area contributed by atoms with Gasteiger partial charge in [0.2, 0.25) is 5.91 Å². The Morgan fingerprint density at radius 2 is 1.71 bits per heavy atom. The number of rotatable bonds is 5. The van der Waals surface area contributed by atoms with Gasteiger partial charge in [0.25, 0.3) is 0 Å². The molecule has 2 aliphatic rings. The number of carbonyl (C=O) groups excluding carboxylic acids is 1. The Hall–Kier alpha value is -2.73. The molecular formula is C24H30ClN5O. The van der Waals surface area contributed by atoms with Gasteiger partial charge >= 0.3 is 0 Å². The fraction of sp³-hybridized carbons (Fsp3) is 0.417. The molecule has 0 aliphatic carbocycles. The number of hydrogen-bond donors (Lipinski definition) is 1. The van der Waals surface area contributed by atoms with Crippen LogP contribution in [0.15, 0.2) is 53.5 Å². The fourth-order valence-corrected chi connectivity index (χ4v) is 4.47. The van der Waals surface area contributed by atoms with Crippen molar-refractivity contribution in [3.05, 3.63) is 64.7 Å². The summed E-state index contributed by atoms with van der Waals surface area (Å²) in [6, 6.07) is 16.3. The van der Waals surface area contributed by atoms with Gasteiger partial charge in [-0.05, 0) is 35.7 Å². The Kier molecular flexibility index (Phi) is 6.97. The van der Waals surface area contributed by atoms with Gasteiger partial charge in [-0.15, -0.1) is 0 Å². The Morgan fingerprint density at radius 3 is 2.35 bits per heavy atom. The van der Waals surface area contributed by atoms with Gasteiger partial charge in [0.05, 0.1) is 0 Å². The van der Waals surface area contributed by atoms with Crippen molar-refractivity contribution in [1.82, 2.24) is 15.1 Å². The maximum absolute atomic E-state index is 12.6. The molecule has 2 aromatic rings. The normalized spacial score (nSPS) is 16.5. The van der Waals surface area contributed by atoms with E-state index < -0.39 is 0 Å². The number of carbonyl (C=O) groups is 1. The lowest BCUT2D eigenvalue weighted by molar-refractivity contribution is -0.131. The van der Waals surface area contributed by atoms with Crippen molar-refractivity contribution in [1.29, 1.82) is 0 Å². The smallest absolute Gasteiger partial charge is 0.223 e. The van der Waals surface area contributed by atoms with Crippen LogP contribution in [0.25, 0.3) is 0 Å². The van der Waals surface area contributed by atoms with Crippen LogP contribution in [0.2, 0.25) is 5.02 Å². The number of anilines is 1. The van der Waals surface area contributed by atoms with Crippen molar-refractivity contribution in [2.75, 3.05) is 44.7 Å². The van der Waals surface area contributed by atoms with E-state index in [1.807, 2.05) is 42.3 Å². The van der Waals surface area contributed by atoms with E-state index in [1.54, 1.807) is 0 Å². The maximum atomic E-state index is 12.6. The summed E-state index contributed by atoms with van der Waals surface area (Å²) in [7, 11) is 1.82. The summed E-state index contributed by atoms with van der Waals surface area (Å²) in [6.07, 6.45) is 1.35. The number of aliphatic imine (C=N–C) groups is 1. The predicted octanol–water partition coefficient (Wildman–Crippen LogP) is 3.36. The Morgan fingerprint density at radius 1 is 1.00 bits per heavy atom. The van der Waals surface area contributed by atoms with Gasteiger partial charge in [-0.1, -0.05) is 41.9 Å². The first-order valence-electron chi connectivity index (χ1n) is 10.9. The fourth-order valence-electron chi connectivity index (χ4n) is 4.29. The van der Waals surface area contributed by atoms with E-state index in [2.05, 4.69) is 38.3 Å². The van der Waals surface area contributed by atoms with Crippen molar-refractivity contribution >= 4 is 29.2 Å². The first kappa shape index (κ1) is 21.5. The molecule has 164 valence electrons. The van der Waals surface area contributed by atoms with Crippen molar-refractivity contribution < 1.29 is 4.79 Å². The zero-order valence-corrected chi connectivity index (χ0v) is 18.8. The number of hydrogen-bond acceptors (Lipinski definition) is 3. The lowest BCUT2D eigenvalue weighted by Gasteiger charge is -2.37. The minimum Gasteiger partial charge on any atom is -0.368 e. The first-order chi connectivity index (χ1) is 15.1. The first-order valence-corrected chi connectivity index (χ1v) is 11.3. The third-order valence-electron chi connectivity index (χ3n) is 6.01. The molecule has 0 radical (unpaired) electrons. The van der Waals surface area contributed by atoms with Crippen LogP contribution in [0, 0.1) is 0 Å². The van der Waals surface area contributed by atoms with Crippen LogP contribution in [0.3, 0.4) is 0 Å². The molecule has 0 aromatic heterocycles. The standard InChI is InChI=1S/C24H30ClN5O/c1-26-24(29-14-12-28(13-15-29)22-9-4-8-21(25)16-22)27-11-5-10-23(31)30-17-19-6-2-3-7-20(19)18-30/h2-4,6-9,16H,5,10-15,17-18H2,1H3,(H,26,27). The SMILES string of the molecule is CN=C(NCCCC(=O)N1Cc2ccccc2C1)N1CCN(c2cccc(Cl)c2)CC1. The molecule has 0 spiro atoms. The third kappa shape index (κ3) is 5.31. The van der Waals surface area contributed by atoms with Gasteiger partial charge in [-0.3, -0.25) is 9.79 Å². The van der Waals surface area contributed by atoms with Gasteiger partial charge in [0.15, 0.2) is 5.96 Å². The minimum atomic E-state index is 0.225. The van der Waals surface area contributed by atoms with Crippen LogP contribution in [0.5, 0.6) is 0 Å². The second-order valence-corrected chi connectivity index (χ2v) is 8.49. The van der Waals surface area contributed by atoms with E-state index >= 15 is 0 Å². The molecule has 1 N–H and O–H groups in total.